The summed E-state index contributed by atoms with van der Waals surface area (Å²) < 4.78 is 5.15. The molecule has 0 spiro atoms. The third-order valence-corrected chi connectivity index (χ3v) is 3.32. The Balaban J connectivity index is 2.39. The van der Waals surface area contributed by atoms with Gasteiger partial charge in [-0.2, -0.15) is 0 Å². The minimum Gasteiger partial charge on any atom is -0.399 e. The van der Waals surface area contributed by atoms with Gasteiger partial charge in [0.15, 0.2) is 0 Å². The zero-order chi connectivity index (χ0) is 14.8. The molecule has 1 aromatic rings. The molecule has 1 rings (SSSR count). The third kappa shape index (κ3) is 6.06. The highest BCUT2D eigenvalue weighted by Crippen LogP contribution is 2.12. The summed E-state index contributed by atoms with van der Waals surface area (Å²) in [5, 5.41) is 3.04. The smallest absolute Gasteiger partial charge is 0.220 e. The van der Waals surface area contributed by atoms with Crippen LogP contribution in [0.3, 0.4) is 0 Å². The second-order valence-corrected chi connectivity index (χ2v) is 5.06. The Bertz CT molecular complexity index is 407. The number of carbonyl (C=O) groups excluding carboxylic acids is 1. The number of anilines is 1. The van der Waals surface area contributed by atoms with Gasteiger partial charge in [0.1, 0.15) is 0 Å². The number of ether oxygens (including phenoxy) is 1. The van der Waals surface area contributed by atoms with Gasteiger partial charge in [-0.25, -0.2) is 0 Å². The van der Waals surface area contributed by atoms with Gasteiger partial charge in [-0.3, -0.25) is 4.79 Å². The SMILES string of the molecule is CCCCC(COC)NC(=O)CCc1ccccc1N. The van der Waals surface area contributed by atoms with E-state index in [1.54, 1.807) is 7.11 Å². The molecule has 1 amide bonds. The van der Waals surface area contributed by atoms with Crippen LogP contribution in [0.5, 0.6) is 0 Å². The number of rotatable bonds is 9. The van der Waals surface area contributed by atoms with Crippen molar-refractivity contribution in [1.29, 1.82) is 0 Å². The number of carbonyl (C=O) groups is 1. The highest BCUT2D eigenvalue weighted by molar-refractivity contribution is 5.76. The maximum absolute atomic E-state index is 12.0. The van der Waals surface area contributed by atoms with Gasteiger partial charge in [-0.1, -0.05) is 38.0 Å². The van der Waals surface area contributed by atoms with Crippen LogP contribution in [0, 0.1) is 0 Å². The molecule has 0 aliphatic rings. The lowest BCUT2D eigenvalue weighted by atomic mass is 10.1. The molecule has 1 unspecified atom stereocenters. The van der Waals surface area contributed by atoms with Gasteiger partial charge in [0.25, 0.3) is 0 Å². The quantitative estimate of drug-likeness (QED) is 0.682. The number of para-hydroxylation sites is 1. The van der Waals surface area contributed by atoms with E-state index >= 15 is 0 Å². The normalized spacial score (nSPS) is 12.1. The Labute approximate surface area is 121 Å². The van der Waals surface area contributed by atoms with Gasteiger partial charge in [0.05, 0.1) is 12.6 Å². The Morgan fingerprint density at radius 1 is 1.40 bits per heavy atom. The average molecular weight is 278 g/mol. The Kier molecular flexibility index (Phi) is 7.73. The molecular weight excluding hydrogens is 252 g/mol. The molecule has 0 radical (unpaired) electrons. The Morgan fingerprint density at radius 3 is 2.80 bits per heavy atom. The predicted octanol–water partition coefficient (Wildman–Crippen LogP) is 2.52. The maximum atomic E-state index is 12.0. The second-order valence-electron chi connectivity index (χ2n) is 5.06. The summed E-state index contributed by atoms with van der Waals surface area (Å²) >= 11 is 0. The van der Waals surface area contributed by atoms with Gasteiger partial charge < -0.3 is 15.8 Å². The first kappa shape index (κ1) is 16.5. The van der Waals surface area contributed by atoms with E-state index in [9.17, 15) is 4.79 Å². The summed E-state index contributed by atoms with van der Waals surface area (Å²) in [7, 11) is 1.66. The highest BCUT2D eigenvalue weighted by Gasteiger charge is 2.12. The van der Waals surface area contributed by atoms with Crippen LogP contribution in [-0.2, 0) is 16.0 Å². The maximum Gasteiger partial charge on any atom is 0.220 e. The fourth-order valence-electron chi connectivity index (χ4n) is 2.16. The van der Waals surface area contributed by atoms with Crippen LogP contribution >= 0.6 is 0 Å². The number of methoxy groups -OCH3 is 1. The summed E-state index contributed by atoms with van der Waals surface area (Å²) in [5.74, 6) is 0.0615. The molecular formula is C16H26N2O2. The zero-order valence-corrected chi connectivity index (χ0v) is 12.5. The molecule has 0 saturated carbocycles. The summed E-state index contributed by atoms with van der Waals surface area (Å²) in [6.07, 6.45) is 4.31. The molecule has 0 heterocycles. The van der Waals surface area contributed by atoms with E-state index in [2.05, 4.69) is 12.2 Å². The van der Waals surface area contributed by atoms with E-state index in [4.69, 9.17) is 10.5 Å². The summed E-state index contributed by atoms with van der Waals surface area (Å²) in [6, 6.07) is 7.78. The molecule has 0 fully saturated rings. The summed E-state index contributed by atoms with van der Waals surface area (Å²) in [5.41, 5.74) is 7.65. The van der Waals surface area contributed by atoms with Crippen LogP contribution in [0.25, 0.3) is 0 Å². The van der Waals surface area contributed by atoms with Crippen molar-refractivity contribution in [3.8, 4) is 0 Å². The fourth-order valence-corrected chi connectivity index (χ4v) is 2.16. The van der Waals surface area contributed by atoms with Crippen molar-refractivity contribution in [2.75, 3.05) is 19.5 Å². The van der Waals surface area contributed by atoms with Crippen molar-refractivity contribution in [1.82, 2.24) is 5.32 Å². The van der Waals surface area contributed by atoms with Crippen LogP contribution in [0.1, 0.15) is 38.2 Å². The number of nitrogens with two attached hydrogens (primary N) is 1. The molecule has 1 atom stereocenters. The van der Waals surface area contributed by atoms with Crippen LogP contribution in [0.15, 0.2) is 24.3 Å². The highest BCUT2D eigenvalue weighted by atomic mass is 16.5. The Hall–Kier alpha value is -1.55. The summed E-state index contributed by atoms with van der Waals surface area (Å²) in [4.78, 5) is 12.0. The van der Waals surface area contributed by atoms with Gasteiger partial charge >= 0.3 is 0 Å². The minimum atomic E-state index is 0.0615. The van der Waals surface area contributed by atoms with Crippen molar-refractivity contribution in [3.63, 3.8) is 0 Å². The number of aryl methyl sites for hydroxylation is 1. The lowest BCUT2D eigenvalue weighted by Gasteiger charge is -2.17. The first-order chi connectivity index (χ1) is 9.67. The molecule has 112 valence electrons. The first-order valence-corrected chi connectivity index (χ1v) is 7.29. The number of nitrogen functional groups attached to an aromatic ring is 1. The van der Waals surface area contributed by atoms with E-state index in [1.807, 2.05) is 24.3 Å². The van der Waals surface area contributed by atoms with Crippen molar-refractivity contribution >= 4 is 11.6 Å². The standard InChI is InChI=1S/C16H26N2O2/c1-3-4-8-14(12-20-2)18-16(19)11-10-13-7-5-6-9-15(13)17/h5-7,9,14H,3-4,8,10-12,17H2,1-2H3,(H,18,19). The number of unbranched alkanes of at least 4 members (excludes halogenated alkanes) is 1. The van der Waals surface area contributed by atoms with Gasteiger partial charge in [-0.05, 0) is 24.5 Å². The first-order valence-electron chi connectivity index (χ1n) is 7.29. The number of benzene rings is 1. The van der Waals surface area contributed by atoms with E-state index in [-0.39, 0.29) is 11.9 Å². The van der Waals surface area contributed by atoms with Gasteiger partial charge in [-0.15, -0.1) is 0 Å². The molecule has 20 heavy (non-hydrogen) atoms. The van der Waals surface area contributed by atoms with Crippen LogP contribution in [0.4, 0.5) is 5.69 Å². The minimum absolute atomic E-state index is 0.0615. The van der Waals surface area contributed by atoms with Crippen molar-refractivity contribution in [2.45, 2.75) is 45.1 Å². The third-order valence-electron chi connectivity index (χ3n) is 3.32. The van der Waals surface area contributed by atoms with Crippen molar-refractivity contribution < 1.29 is 9.53 Å². The van der Waals surface area contributed by atoms with E-state index in [0.717, 1.165) is 30.5 Å². The molecule has 4 heteroatoms. The number of hydrogen-bond donors (Lipinski definition) is 2. The summed E-state index contributed by atoms with van der Waals surface area (Å²) in [6.45, 7) is 2.71. The van der Waals surface area contributed by atoms with Gasteiger partial charge in [0.2, 0.25) is 5.91 Å². The molecule has 4 nitrogen and oxygen atoms in total. The lowest BCUT2D eigenvalue weighted by molar-refractivity contribution is -0.122. The molecule has 0 saturated heterocycles. The second kappa shape index (κ2) is 9.37. The van der Waals surface area contributed by atoms with Gasteiger partial charge in [0, 0.05) is 19.2 Å². The van der Waals surface area contributed by atoms with E-state index in [1.165, 1.54) is 0 Å². The van der Waals surface area contributed by atoms with Crippen LogP contribution in [0.2, 0.25) is 0 Å². The topological polar surface area (TPSA) is 64.3 Å². The van der Waals surface area contributed by atoms with E-state index < -0.39 is 0 Å². The Morgan fingerprint density at radius 2 is 2.15 bits per heavy atom. The molecule has 0 aromatic heterocycles. The average Bonchev–Trinajstić information content (AvgIpc) is 2.44. The molecule has 3 N–H and O–H groups in total. The molecule has 0 aliphatic carbocycles. The fraction of sp³-hybridized carbons (Fsp3) is 0.562. The van der Waals surface area contributed by atoms with Crippen LogP contribution < -0.4 is 11.1 Å². The van der Waals surface area contributed by atoms with Crippen molar-refractivity contribution in [3.05, 3.63) is 29.8 Å². The van der Waals surface area contributed by atoms with Crippen molar-refractivity contribution in [2.24, 2.45) is 0 Å². The monoisotopic (exact) mass is 278 g/mol. The number of amides is 1. The lowest BCUT2D eigenvalue weighted by Crippen LogP contribution is -2.38. The molecule has 1 aromatic carbocycles. The molecule has 0 aliphatic heterocycles. The molecule has 0 bridgehead atoms. The predicted molar refractivity (Wildman–Crippen MR) is 82.5 cm³/mol. The largest absolute Gasteiger partial charge is 0.399 e. The number of nitrogens with one attached hydrogen (secondary N) is 1. The zero-order valence-electron chi connectivity index (χ0n) is 12.5. The number of hydrogen-bond acceptors (Lipinski definition) is 3. The van der Waals surface area contributed by atoms with Crippen LogP contribution in [-0.4, -0.2) is 25.7 Å². The van der Waals surface area contributed by atoms with E-state index in [0.29, 0.717) is 19.4 Å².